The monoisotopic (exact) mass is 240 g/mol. The molecule has 0 saturated carbocycles. The lowest BCUT2D eigenvalue weighted by Crippen LogP contribution is -2.42. The summed E-state index contributed by atoms with van der Waals surface area (Å²) in [5.74, 6) is 0.612. The standard InChI is InChI=1S/C13H20N2.ClH/c1-10(2)11-4-3-5-12(8-11)13-9-14-6-7-15-13;/h3-5,8,10,13-15H,6-7,9H2,1-2H3;1H/t13-;/m1./s1. The van der Waals surface area contributed by atoms with E-state index in [1.54, 1.807) is 0 Å². The van der Waals surface area contributed by atoms with Gasteiger partial charge in [-0.05, 0) is 17.0 Å². The molecule has 1 aliphatic heterocycles. The maximum Gasteiger partial charge on any atom is 0.0447 e. The Morgan fingerprint density at radius 3 is 2.69 bits per heavy atom. The van der Waals surface area contributed by atoms with Crippen molar-refractivity contribution >= 4 is 12.4 Å². The normalized spacial score (nSPS) is 20.6. The predicted octanol–water partition coefficient (Wildman–Crippen LogP) is 2.47. The Hall–Kier alpha value is -0.570. The molecule has 0 aliphatic carbocycles. The molecule has 0 amide bonds. The molecular formula is C13H21ClN2. The minimum atomic E-state index is 0. The van der Waals surface area contributed by atoms with Crippen molar-refractivity contribution in [3.05, 3.63) is 35.4 Å². The Bertz CT molecular complexity index is 319. The average Bonchev–Trinajstić information content (AvgIpc) is 2.30. The summed E-state index contributed by atoms with van der Waals surface area (Å²) in [7, 11) is 0. The summed E-state index contributed by atoms with van der Waals surface area (Å²) < 4.78 is 0. The summed E-state index contributed by atoms with van der Waals surface area (Å²) in [5, 5.41) is 6.96. The highest BCUT2D eigenvalue weighted by atomic mass is 35.5. The quantitative estimate of drug-likeness (QED) is 0.830. The summed E-state index contributed by atoms with van der Waals surface area (Å²) in [6.07, 6.45) is 0. The van der Waals surface area contributed by atoms with Crippen molar-refractivity contribution in [1.82, 2.24) is 10.6 Å². The molecule has 1 fully saturated rings. The summed E-state index contributed by atoms with van der Waals surface area (Å²) in [6.45, 7) is 7.68. The smallest absolute Gasteiger partial charge is 0.0447 e. The first-order chi connectivity index (χ1) is 7.27. The van der Waals surface area contributed by atoms with Crippen LogP contribution in [0.1, 0.15) is 36.9 Å². The lowest BCUT2D eigenvalue weighted by atomic mass is 9.97. The van der Waals surface area contributed by atoms with E-state index in [0.717, 1.165) is 19.6 Å². The van der Waals surface area contributed by atoms with Gasteiger partial charge in [0.05, 0.1) is 0 Å². The number of halogens is 1. The number of piperazine rings is 1. The van der Waals surface area contributed by atoms with Crippen LogP contribution in [0.15, 0.2) is 24.3 Å². The van der Waals surface area contributed by atoms with Crippen molar-refractivity contribution in [2.75, 3.05) is 19.6 Å². The van der Waals surface area contributed by atoms with Gasteiger partial charge in [0, 0.05) is 25.7 Å². The molecule has 0 unspecified atom stereocenters. The molecule has 2 nitrogen and oxygen atoms in total. The largest absolute Gasteiger partial charge is 0.314 e. The van der Waals surface area contributed by atoms with Gasteiger partial charge < -0.3 is 10.6 Å². The van der Waals surface area contributed by atoms with Crippen LogP contribution in [0.2, 0.25) is 0 Å². The number of nitrogens with one attached hydrogen (secondary N) is 2. The van der Waals surface area contributed by atoms with E-state index in [1.807, 2.05) is 0 Å². The van der Waals surface area contributed by atoms with E-state index in [9.17, 15) is 0 Å². The van der Waals surface area contributed by atoms with Crippen molar-refractivity contribution in [3.8, 4) is 0 Å². The van der Waals surface area contributed by atoms with E-state index >= 15 is 0 Å². The van der Waals surface area contributed by atoms with E-state index < -0.39 is 0 Å². The third kappa shape index (κ3) is 3.21. The second kappa shape index (κ2) is 6.24. The molecule has 1 aliphatic rings. The molecule has 16 heavy (non-hydrogen) atoms. The summed E-state index contributed by atoms with van der Waals surface area (Å²) in [6, 6.07) is 9.41. The third-order valence-electron chi connectivity index (χ3n) is 3.02. The first-order valence-electron chi connectivity index (χ1n) is 5.81. The molecule has 90 valence electrons. The number of hydrogen-bond acceptors (Lipinski definition) is 2. The van der Waals surface area contributed by atoms with Crippen LogP contribution in [0, 0.1) is 0 Å². The maximum absolute atomic E-state index is 3.54. The van der Waals surface area contributed by atoms with Gasteiger partial charge in [-0.2, -0.15) is 0 Å². The van der Waals surface area contributed by atoms with E-state index in [2.05, 4.69) is 48.7 Å². The van der Waals surface area contributed by atoms with Crippen molar-refractivity contribution < 1.29 is 0 Å². The summed E-state index contributed by atoms with van der Waals surface area (Å²) >= 11 is 0. The Balaban J connectivity index is 0.00000128. The Kier molecular flexibility index (Phi) is 5.26. The number of benzene rings is 1. The Morgan fingerprint density at radius 2 is 2.06 bits per heavy atom. The fraction of sp³-hybridized carbons (Fsp3) is 0.538. The lowest BCUT2D eigenvalue weighted by molar-refractivity contribution is 0.430. The van der Waals surface area contributed by atoms with Gasteiger partial charge in [-0.3, -0.25) is 0 Å². The molecule has 0 radical (unpaired) electrons. The highest BCUT2D eigenvalue weighted by molar-refractivity contribution is 5.85. The highest BCUT2D eigenvalue weighted by Gasteiger charge is 2.14. The first kappa shape index (κ1) is 13.5. The van der Waals surface area contributed by atoms with Crippen LogP contribution in [0.3, 0.4) is 0 Å². The molecule has 2 rings (SSSR count). The zero-order chi connectivity index (χ0) is 10.7. The van der Waals surface area contributed by atoms with Crippen molar-refractivity contribution in [2.24, 2.45) is 0 Å². The second-order valence-electron chi connectivity index (χ2n) is 4.54. The van der Waals surface area contributed by atoms with Crippen molar-refractivity contribution in [1.29, 1.82) is 0 Å². The molecular weight excluding hydrogens is 220 g/mol. The van der Waals surface area contributed by atoms with Gasteiger partial charge in [-0.1, -0.05) is 38.1 Å². The van der Waals surface area contributed by atoms with Gasteiger partial charge in [0.2, 0.25) is 0 Å². The van der Waals surface area contributed by atoms with E-state index in [4.69, 9.17) is 0 Å². The molecule has 1 saturated heterocycles. The van der Waals surface area contributed by atoms with Crippen LogP contribution < -0.4 is 10.6 Å². The van der Waals surface area contributed by atoms with E-state index in [0.29, 0.717) is 12.0 Å². The van der Waals surface area contributed by atoms with Gasteiger partial charge in [-0.25, -0.2) is 0 Å². The predicted molar refractivity (Wildman–Crippen MR) is 71.4 cm³/mol. The molecule has 2 N–H and O–H groups in total. The molecule has 1 aromatic carbocycles. The molecule has 0 spiro atoms. The second-order valence-corrected chi connectivity index (χ2v) is 4.54. The van der Waals surface area contributed by atoms with Crippen molar-refractivity contribution in [3.63, 3.8) is 0 Å². The maximum atomic E-state index is 3.54. The SMILES string of the molecule is CC(C)c1cccc([C@H]2CNCCN2)c1.Cl. The van der Waals surface area contributed by atoms with Crippen LogP contribution >= 0.6 is 12.4 Å². The fourth-order valence-corrected chi connectivity index (χ4v) is 2.02. The number of rotatable bonds is 2. The first-order valence-corrected chi connectivity index (χ1v) is 5.81. The Labute approximate surface area is 104 Å². The zero-order valence-electron chi connectivity index (χ0n) is 9.99. The summed E-state index contributed by atoms with van der Waals surface area (Å²) in [4.78, 5) is 0. The molecule has 1 heterocycles. The van der Waals surface area contributed by atoms with Crippen LogP contribution in [-0.4, -0.2) is 19.6 Å². The minimum Gasteiger partial charge on any atom is -0.314 e. The van der Waals surface area contributed by atoms with Crippen LogP contribution in [0.5, 0.6) is 0 Å². The van der Waals surface area contributed by atoms with Gasteiger partial charge in [-0.15, -0.1) is 12.4 Å². The summed E-state index contributed by atoms with van der Waals surface area (Å²) in [5.41, 5.74) is 2.84. The Morgan fingerprint density at radius 1 is 1.25 bits per heavy atom. The van der Waals surface area contributed by atoms with Crippen LogP contribution in [0.25, 0.3) is 0 Å². The zero-order valence-corrected chi connectivity index (χ0v) is 10.8. The van der Waals surface area contributed by atoms with Crippen molar-refractivity contribution in [2.45, 2.75) is 25.8 Å². The highest BCUT2D eigenvalue weighted by Crippen LogP contribution is 2.20. The molecule has 1 atom stereocenters. The third-order valence-corrected chi connectivity index (χ3v) is 3.02. The van der Waals surface area contributed by atoms with Gasteiger partial charge in [0.25, 0.3) is 0 Å². The topological polar surface area (TPSA) is 24.1 Å². The van der Waals surface area contributed by atoms with Gasteiger partial charge in [0.15, 0.2) is 0 Å². The molecule has 0 aromatic heterocycles. The minimum absolute atomic E-state index is 0. The van der Waals surface area contributed by atoms with Crippen LogP contribution in [0.4, 0.5) is 0 Å². The van der Waals surface area contributed by atoms with E-state index in [1.165, 1.54) is 11.1 Å². The van der Waals surface area contributed by atoms with E-state index in [-0.39, 0.29) is 12.4 Å². The number of hydrogen-bond donors (Lipinski definition) is 2. The molecule has 3 heteroatoms. The lowest BCUT2D eigenvalue weighted by Gasteiger charge is -2.25. The molecule has 0 bridgehead atoms. The van der Waals surface area contributed by atoms with Gasteiger partial charge in [0.1, 0.15) is 0 Å². The average molecular weight is 241 g/mol. The fourth-order valence-electron chi connectivity index (χ4n) is 2.02. The van der Waals surface area contributed by atoms with Crippen LogP contribution in [-0.2, 0) is 0 Å². The molecule has 1 aromatic rings. The van der Waals surface area contributed by atoms with Gasteiger partial charge >= 0.3 is 0 Å².